The maximum Gasteiger partial charge on any atom is 0.260 e. The summed E-state index contributed by atoms with van der Waals surface area (Å²) in [7, 11) is -3.66. The fourth-order valence-corrected chi connectivity index (χ4v) is 6.82. The summed E-state index contributed by atoms with van der Waals surface area (Å²) >= 11 is 0.988. The number of aromatic nitrogens is 2. The molecule has 11 heteroatoms. The first kappa shape index (κ1) is 25.4. The van der Waals surface area contributed by atoms with Crippen molar-refractivity contribution >= 4 is 42.6 Å². The molecule has 0 spiro atoms. The van der Waals surface area contributed by atoms with E-state index in [0.717, 1.165) is 43.1 Å². The minimum atomic E-state index is -3.66. The molecular weight excluding hydrogens is 518 g/mol. The number of fused-ring (bicyclic) bond motifs is 1. The number of amides is 1. The van der Waals surface area contributed by atoms with Gasteiger partial charge in [0.05, 0.1) is 21.8 Å². The van der Waals surface area contributed by atoms with Crippen molar-refractivity contribution in [1.29, 1.82) is 0 Å². The molecule has 1 amide bonds. The van der Waals surface area contributed by atoms with Crippen LogP contribution in [0.5, 0.6) is 0 Å². The van der Waals surface area contributed by atoms with Gasteiger partial charge in [-0.05, 0) is 55.3 Å². The van der Waals surface area contributed by atoms with Crippen LogP contribution in [0.4, 0.5) is 13.9 Å². The lowest BCUT2D eigenvalue weighted by molar-refractivity contribution is 0.0984. The summed E-state index contributed by atoms with van der Waals surface area (Å²) in [5.41, 5.74) is 0.776. The number of carbonyl (C=O) groups excluding carboxylic acids is 1. The summed E-state index contributed by atoms with van der Waals surface area (Å²) < 4.78 is 56.1. The van der Waals surface area contributed by atoms with E-state index in [4.69, 9.17) is 0 Å². The largest absolute Gasteiger partial charge is 0.278 e. The molecule has 7 nitrogen and oxygen atoms in total. The quantitative estimate of drug-likeness (QED) is 0.327. The Bertz CT molecular complexity index is 1520. The lowest BCUT2D eigenvalue weighted by Gasteiger charge is -2.21. The Hall–Kier alpha value is -3.28. The fraction of sp³-hybridized carbons (Fsp3) is 0.269. The third kappa shape index (κ3) is 5.39. The molecular formula is C26H24F2N4O3S2. The lowest BCUT2D eigenvalue weighted by atomic mass is 10.2. The van der Waals surface area contributed by atoms with Crippen LogP contribution < -0.4 is 4.90 Å². The molecule has 0 aliphatic carbocycles. The molecule has 3 heterocycles. The number of benzene rings is 2. The number of pyridine rings is 1. The van der Waals surface area contributed by atoms with E-state index in [2.05, 4.69) is 9.97 Å². The smallest absolute Gasteiger partial charge is 0.260 e. The molecule has 0 radical (unpaired) electrons. The van der Waals surface area contributed by atoms with Crippen LogP contribution in [0.1, 0.15) is 41.7 Å². The van der Waals surface area contributed by atoms with Crippen molar-refractivity contribution in [3.63, 3.8) is 0 Å². The number of hydrogen-bond acceptors (Lipinski definition) is 6. The van der Waals surface area contributed by atoms with Crippen molar-refractivity contribution in [1.82, 2.24) is 14.3 Å². The van der Waals surface area contributed by atoms with E-state index >= 15 is 0 Å². The molecule has 1 aliphatic rings. The third-order valence-corrected chi connectivity index (χ3v) is 9.17. The van der Waals surface area contributed by atoms with Gasteiger partial charge in [0.2, 0.25) is 10.0 Å². The summed E-state index contributed by atoms with van der Waals surface area (Å²) in [6.07, 6.45) is 5.26. The van der Waals surface area contributed by atoms with Crippen LogP contribution in [-0.2, 0) is 16.6 Å². The molecule has 37 heavy (non-hydrogen) atoms. The first-order valence-electron chi connectivity index (χ1n) is 11.9. The normalized spacial score (nSPS) is 15.0. The molecule has 0 bridgehead atoms. The Balaban J connectivity index is 1.47. The van der Waals surface area contributed by atoms with E-state index in [0.29, 0.717) is 18.8 Å². The van der Waals surface area contributed by atoms with Gasteiger partial charge in [-0.15, -0.1) is 0 Å². The predicted molar refractivity (Wildman–Crippen MR) is 138 cm³/mol. The van der Waals surface area contributed by atoms with E-state index in [1.165, 1.54) is 39.5 Å². The Morgan fingerprint density at radius 1 is 1.00 bits per heavy atom. The maximum absolute atomic E-state index is 14.3. The Labute approximate surface area is 217 Å². The minimum absolute atomic E-state index is 0.0286. The van der Waals surface area contributed by atoms with Crippen LogP contribution in [0.3, 0.4) is 0 Å². The van der Waals surface area contributed by atoms with Crippen molar-refractivity contribution in [3.8, 4) is 0 Å². The molecule has 2 aromatic heterocycles. The molecule has 0 saturated carbocycles. The predicted octanol–water partition coefficient (Wildman–Crippen LogP) is 5.38. The van der Waals surface area contributed by atoms with E-state index in [-0.39, 0.29) is 32.4 Å². The molecule has 4 aromatic rings. The molecule has 0 atom stereocenters. The molecule has 192 valence electrons. The van der Waals surface area contributed by atoms with Gasteiger partial charge in [-0.2, -0.15) is 4.31 Å². The highest BCUT2D eigenvalue weighted by atomic mass is 32.2. The van der Waals surface area contributed by atoms with Crippen molar-refractivity contribution < 1.29 is 22.0 Å². The van der Waals surface area contributed by atoms with E-state index in [1.807, 2.05) is 0 Å². The average Bonchev–Trinajstić information content (AvgIpc) is 3.12. The third-order valence-electron chi connectivity index (χ3n) is 6.23. The molecule has 1 saturated heterocycles. The first-order valence-corrected chi connectivity index (χ1v) is 14.2. The highest BCUT2D eigenvalue weighted by Crippen LogP contribution is 2.33. The Kier molecular flexibility index (Phi) is 7.27. The van der Waals surface area contributed by atoms with Crippen molar-refractivity contribution in [2.24, 2.45) is 0 Å². The summed E-state index contributed by atoms with van der Waals surface area (Å²) in [5.74, 6) is -2.01. The average molecular weight is 543 g/mol. The molecule has 1 fully saturated rings. The second kappa shape index (κ2) is 10.6. The fourth-order valence-electron chi connectivity index (χ4n) is 4.30. The lowest BCUT2D eigenvalue weighted by Crippen LogP contribution is -2.32. The van der Waals surface area contributed by atoms with Crippen molar-refractivity contribution in [2.75, 3.05) is 18.0 Å². The highest BCUT2D eigenvalue weighted by molar-refractivity contribution is 7.89. The molecule has 5 rings (SSSR count). The van der Waals surface area contributed by atoms with Crippen LogP contribution >= 0.6 is 11.3 Å². The van der Waals surface area contributed by atoms with Gasteiger partial charge in [0.1, 0.15) is 11.3 Å². The van der Waals surface area contributed by atoms with E-state index < -0.39 is 27.6 Å². The summed E-state index contributed by atoms with van der Waals surface area (Å²) in [6, 6.07) is 13.0. The Morgan fingerprint density at radius 3 is 2.41 bits per heavy atom. The number of sulfonamides is 1. The zero-order valence-corrected chi connectivity index (χ0v) is 21.4. The Morgan fingerprint density at radius 2 is 1.73 bits per heavy atom. The summed E-state index contributed by atoms with van der Waals surface area (Å²) in [5, 5.41) is 0.177. The number of thiazole rings is 1. The number of anilines is 1. The van der Waals surface area contributed by atoms with E-state index in [9.17, 15) is 22.0 Å². The number of halogens is 2. The van der Waals surface area contributed by atoms with Gasteiger partial charge < -0.3 is 0 Å². The molecule has 0 N–H and O–H groups in total. The molecule has 0 unspecified atom stereocenters. The first-order chi connectivity index (χ1) is 17.8. The number of hydrogen-bond donors (Lipinski definition) is 0. The highest BCUT2D eigenvalue weighted by Gasteiger charge is 2.27. The topological polar surface area (TPSA) is 83.5 Å². The van der Waals surface area contributed by atoms with Crippen LogP contribution in [0, 0.1) is 11.6 Å². The molecule has 2 aromatic carbocycles. The van der Waals surface area contributed by atoms with Crippen LogP contribution in [0.2, 0.25) is 0 Å². The van der Waals surface area contributed by atoms with Gasteiger partial charge in [0, 0.05) is 30.9 Å². The number of nitrogens with zero attached hydrogens (tertiary/aromatic N) is 4. The number of rotatable bonds is 6. The zero-order chi connectivity index (χ0) is 26.0. The van der Waals surface area contributed by atoms with Gasteiger partial charge in [-0.1, -0.05) is 30.2 Å². The van der Waals surface area contributed by atoms with Crippen LogP contribution in [0.25, 0.3) is 10.2 Å². The standard InChI is InChI=1S/C26H24F2N4O3S2/c27-19-15-22(28)24-23(16-19)36-26(30-24)32(17-20-7-3-4-12-29-20)25(33)18-8-10-21(11-9-18)37(34,35)31-13-5-1-2-6-14-31/h3-4,7-12,15-16H,1-2,5-6,13-14,17H2. The maximum atomic E-state index is 14.3. The van der Waals surface area contributed by atoms with Crippen LogP contribution in [-0.4, -0.2) is 41.7 Å². The zero-order valence-electron chi connectivity index (χ0n) is 19.8. The van der Waals surface area contributed by atoms with Gasteiger partial charge >= 0.3 is 0 Å². The minimum Gasteiger partial charge on any atom is -0.278 e. The molecule has 1 aliphatic heterocycles. The van der Waals surface area contributed by atoms with Crippen LogP contribution in [0.15, 0.2) is 65.7 Å². The monoisotopic (exact) mass is 542 g/mol. The summed E-state index contributed by atoms with van der Waals surface area (Å²) in [4.78, 5) is 23.6. The van der Waals surface area contributed by atoms with Crippen molar-refractivity contribution in [2.45, 2.75) is 37.1 Å². The van der Waals surface area contributed by atoms with Gasteiger partial charge in [0.25, 0.3) is 5.91 Å². The van der Waals surface area contributed by atoms with Crippen molar-refractivity contribution in [3.05, 3.63) is 83.7 Å². The second-order valence-electron chi connectivity index (χ2n) is 8.79. The van der Waals surface area contributed by atoms with E-state index in [1.54, 1.807) is 24.4 Å². The van der Waals surface area contributed by atoms with Gasteiger partial charge in [-0.25, -0.2) is 22.2 Å². The summed E-state index contributed by atoms with van der Waals surface area (Å²) in [6.45, 7) is 1.00. The number of carbonyl (C=O) groups is 1. The second-order valence-corrected chi connectivity index (χ2v) is 11.7. The van der Waals surface area contributed by atoms with Gasteiger partial charge in [0.15, 0.2) is 10.9 Å². The SMILES string of the molecule is O=C(c1ccc(S(=O)(=O)N2CCCCCC2)cc1)N(Cc1ccccn1)c1nc2c(F)cc(F)cc2s1. The van der Waals surface area contributed by atoms with Gasteiger partial charge in [-0.3, -0.25) is 14.7 Å².